The maximum atomic E-state index is 13.6. The molecular weight excluding hydrogens is 426 g/mol. The van der Waals surface area contributed by atoms with Gasteiger partial charge in [0.15, 0.2) is 11.5 Å². The predicted molar refractivity (Wildman–Crippen MR) is 122 cm³/mol. The number of hydrogen-bond acceptors (Lipinski definition) is 7. The largest absolute Gasteiger partial charge is 0.493 e. The first kappa shape index (κ1) is 21.5. The molecule has 0 spiro atoms. The van der Waals surface area contributed by atoms with Crippen molar-refractivity contribution in [3.05, 3.63) is 85.3 Å². The Bertz CT molecular complexity index is 1290. The number of allylic oxidation sites excluding steroid dienone is 1. The molecule has 4 rings (SSSR count). The third-order valence-electron chi connectivity index (χ3n) is 5.59. The van der Waals surface area contributed by atoms with Gasteiger partial charge in [0.25, 0.3) is 5.56 Å². The van der Waals surface area contributed by atoms with Gasteiger partial charge in [-0.05, 0) is 42.5 Å². The molecular formula is C24H23N3O4S. The first-order valence-electron chi connectivity index (χ1n) is 10.0. The molecule has 0 fully saturated rings. The van der Waals surface area contributed by atoms with Crippen LogP contribution in [-0.2, 0) is 13.0 Å². The fraction of sp³-hybridized carbons (Fsp3) is 0.250. The summed E-state index contributed by atoms with van der Waals surface area (Å²) in [7, 11) is 3.19. The number of aryl methyl sites for hydroxylation is 2. The quantitative estimate of drug-likeness (QED) is 0.616. The molecule has 1 aliphatic rings. The lowest BCUT2D eigenvalue weighted by Gasteiger charge is -2.26. The van der Waals surface area contributed by atoms with Gasteiger partial charge in [-0.3, -0.25) is 4.79 Å². The number of thiophene rings is 1. The van der Waals surface area contributed by atoms with E-state index in [-0.39, 0.29) is 17.0 Å². The van der Waals surface area contributed by atoms with E-state index < -0.39 is 5.92 Å². The van der Waals surface area contributed by atoms with Gasteiger partial charge in [-0.2, -0.15) is 5.26 Å². The number of benzene rings is 1. The Kier molecular flexibility index (Phi) is 5.93. The monoisotopic (exact) mass is 449 g/mol. The molecule has 2 N–H and O–H groups in total. The smallest absolute Gasteiger partial charge is 0.258 e. The highest BCUT2D eigenvalue weighted by atomic mass is 32.1. The topological polar surface area (TPSA) is 99.5 Å². The van der Waals surface area contributed by atoms with Crippen molar-refractivity contribution in [2.45, 2.75) is 25.8 Å². The van der Waals surface area contributed by atoms with E-state index >= 15 is 0 Å². The molecule has 3 heterocycles. The summed E-state index contributed by atoms with van der Waals surface area (Å²) < 4.78 is 18.1. The van der Waals surface area contributed by atoms with E-state index in [2.05, 4.69) is 6.07 Å². The molecule has 1 unspecified atom stereocenters. The number of nitrogens with zero attached hydrogens (tertiary/aromatic N) is 2. The van der Waals surface area contributed by atoms with Gasteiger partial charge in [-0.25, -0.2) is 0 Å². The van der Waals surface area contributed by atoms with E-state index in [9.17, 15) is 10.1 Å². The van der Waals surface area contributed by atoms with E-state index in [0.717, 1.165) is 16.1 Å². The van der Waals surface area contributed by atoms with Gasteiger partial charge < -0.3 is 24.5 Å². The van der Waals surface area contributed by atoms with Crippen LogP contribution in [0.4, 0.5) is 0 Å². The number of fused-ring (bicyclic) bond motifs is 1. The Balaban J connectivity index is 1.74. The summed E-state index contributed by atoms with van der Waals surface area (Å²) >= 11 is 1.48. The van der Waals surface area contributed by atoms with Gasteiger partial charge in [0.05, 0.1) is 25.7 Å². The molecule has 1 aromatic carbocycles. The zero-order chi connectivity index (χ0) is 22.8. The Morgan fingerprint density at radius 3 is 2.66 bits per heavy atom. The van der Waals surface area contributed by atoms with Crippen LogP contribution in [0, 0.1) is 18.3 Å². The molecule has 1 aliphatic heterocycles. The van der Waals surface area contributed by atoms with Crippen LogP contribution in [0.25, 0.3) is 0 Å². The van der Waals surface area contributed by atoms with Crippen molar-refractivity contribution in [1.82, 2.24) is 4.57 Å². The van der Waals surface area contributed by atoms with E-state index in [1.165, 1.54) is 11.3 Å². The second kappa shape index (κ2) is 8.81. The molecule has 1 atom stereocenters. The molecule has 8 heteroatoms. The summed E-state index contributed by atoms with van der Waals surface area (Å²) in [5.74, 6) is 1.21. The van der Waals surface area contributed by atoms with Crippen molar-refractivity contribution in [3.63, 3.8) is 0 Å². The first-order valence-corrected chi connectivity index (χ1v) is 10.9. The molecule has 3 aromatic rings. The predicted octanol–water partition coefficient (Wildman–Crippen LogP) is 3.70. The van der Waals surface area contributed by atoms with Crippen LogP contribution in [-0.4, -0.2) is 18.8 Å². The number of rotatable bonds is 6. The van der Waals surface area contributed by atoms with E-state index in [1.807, 2.05) is 48.7 Å². The van der Waals surface area contributed by atoms with Gasteiger partial charge >= 0.3 is 0 Å². The summed E-state index contributed by atoms with van der Waals surface area (Å²) in [4.78, 5) is 14.5. The minimum atomic E-state index is -0.538. The molecule has 2 aromatic heterocycles. The lowest BCUT2D eigenvalue weighted by Crippen LogP contribution is -2.33. The zero-order valence-corrected chi connectivity index (χ0v) is 18.9. The Morgan fingerprint density at radius 1 is 1.22 bits per heavy atom. The van der Waals surface area contributed by atoms with Gasteiger partial charge in [0, 0.05) is 23.2 Å². The van der Waals surface area contributed by atoms with Crippen molar-refractivity contribution >= 4 is 11.3 Å². The Morgan fingerprint density at radius 2 is 2.00 bits per heavy atom. The molecule has 7 nitrogen and oxygen atoms in total. The van der Waals surface area contributed by atoms with Gasteiger partial charge in [-0.15, -0.1) is 11.3 Å². The molecule has 164 valence electrons. The average molecular weight is 450 g/mol. The molecule has 0 saturated carbocycles. The fourth-order valence-electron chi connectivity index (χ4n) is 3.98. The number of aromatic nitrogens is 1. The maximum Gasteiger partial charge on any atom is 0.258 e. The van der Waals surface area contributed by atoms with Crippen LogP contribution in [0.5, 0.6) is 17.2 Å². The standard InChI is InChI=1S/C24H23N3O4S/c1-14-11-19-22(21(20-5-4-10-32-20)16(13-25)23(26)31-19)24(28)27(14)9-8-15-6-7-17(29-2)18(12-15)30-3/h4-7,10-12,21H,8-9,26H2,1-3H3. The number of nitriles is 1. The normalized spacial score (nSPS) is 15.0. The number of methoxy groups -OCH3 is 2. The lowest BCUT2D eigenvalue weighted by molar-refractivity contribution is 0.354. The first-order chi connectivity index (χ1) is 15.5. The molecule has 0 bridgehead atoms. The summed E-state index contributed by atoms with van der Waals surface area (Å²) in [6.07, 6.45) is 0.619. The van der Waals surface area contributed by atoms with E-state index in [0.29, 0.717) is 35.8 Å². The van der Waals surface area contributed by atoms with Crippen LogP contribution in [0.15, 0.2) is 58.0 Å². The number of ether oxygens (including phenoxy) is 3. The molecule has 0 amide bonds. The van der Waals surface area contributed by atoms with Crippen molar-refractivity contribution in [3.8, 4) is 23.3 Å². The van der Waals surface area contributed by atoms with Crippen molar-refractivity contribution in [2.24, 2.45) is 5.73 Å². The highest BCUT2D eigenvalue weighted by Gasteiger charge is 2.34. The van der Waals surface area contributed by atoms with E-state index in [4.69, 9.17) is 19.9 Å². The van der Waals surface area contributed by atoms with Gasteiger partial charge in [-0.1, -0.05) is 12.1 Å². The van der Waals surface area contributed by atoms with Crippen LogP contribution in [0.1, 0.15) is 27.6 Å². The van der Waals surface area contributed by atoms with Crippen LogP contribution < -0.4 is 25.5 Å². The minimum absolute atomic E-state index is 0.0419. The summed E-state index contributed by atoms with van der Waals surface area (Å²) in [6.45, 7) is 2.32. The Labute approximate surface area is 189 Å². The van der Waals surface area contributed by atoms with Crippen LogP contribution >= 0.6 is 11.3 Å². The van der Waals surface area contributed by atoms with Crippen molar-refractivity contribution in [1.29, 1.82) is 5.26 Å². The van der Waals surface area contributed by atoms with Crippen LogP contribution in [0.3, 0.4) is 0 Å². The third-order valence-corrected chi connectivity index (χ3v) is 6.53. The van der Waals surface area contributed by atoms with Crippen LogP contribution in [0.2, 0.25) is 0 Å². The van der Waals surface area contributed by atoms with Crippen molar-refractivity contribution < 1.29 is 14.2 Å². The fourth-order valence-corrected chi connectivity index (χ4v) is 4.82. The Hall–Kier alpha value is -3.70. The second-order valence-electron chi connectivity index (χ2n) is 7.40. The highest BCUT2D eigenvalue weighted by Crippen LogP contribution is 2.42. The molecule has 0 radical (unpaired) electrons. The maximum absolute atomic E-state index is 13.6. The highest BCUT2D eigenvalue weighted by molar-refractivity contribution is 7.10. The average Bonchev–Trinajstić information content (AvgIpc) is 3.32. The third kappa shape index (κ3) is 3.72. The summed E-state index contributed by atoms with van der Waals surface area (Å²) in [5.41, 5.74) is 8.32. The second-order valence-corrected chi connectivity index (χ2v) is 8.38. The molecule has 0 saturated heterocycles. The van der Waals surface area contributed by atoms with Gasteiger partial charge in [0.2, 0.25) is 5.88 Å². The summed E-state index contributed by atoms with van der Waals surface area (Å²) in [6, 6.07) is 13.5. The number of pyridine rings is 1. The molecule has 32 heavy (non-hydrogen) atoms. The number of hydrogen-bond donors (Lipinski definition) is 1. The summed E-state index contributed by atoms with van der Waals surface area (Å²) in [5, 5.41) is 11.6. The number of nitrogens with two attached hydrogens (primary N) is 1. The van der Waals surface area contributed by atoms with Crippen molar-refractivity contribution in [2.75, 3.05) is 14.2 Å². The lowest BCUT2D eigenvalue weighted by atomic mass is 9.88. The van der Waals surface area contributed by atoms with Gasteiger partial charge in [0.1, 0.15) is 17.4 Å². The zero-order valence-electron chi connectivity index (χ0n) is 18.0. The molecule has 0 aliphatic carbocycles. The minimum Gasteiger partial charge on any atom is -0.493 e. The SMILES string of the molecule is COc1ccc(CCn2c(C)cc3c(c2=O)C(c2cccs2)C(C#N)=C(N)O3)cc1OC. The van der Waals surface area contributed by atoms with E-state index in [1.54, 1.807) is 18.8 Å².